The third-order valence-electron chi connectivity index (χ3n) is 3.12. The number of hydrogen-bond donors (Lipinski definition) is 0. The topological polar surface area (TPSA) is 86.2 Å². The molecule has 0 aliphatic heterocycles. The molecule has 0 unspecified atom stereocenters. The molecule has 0 saturated heterocycles. The molecule has 23 heavy (non-hydrogen) atoms. The van der Waals surface area contributed by atoms with E-state index >= 15 is 0 Å². The number of rotatable bonds is 3. The van der Waals surface area contributed by atoms with Gasteiger partial charge < -0.3 is 4.42 Å². The molecule has 6 nitrogen and oxygen atoms in total. The fourth-order valence-corrected chi connectivity index (χ4v) is 2.31. The molecule has 0 amide bonds. The van der Waals surface area contributed by atoms with Gasteiger partial charge >= 0.3 is 5.63 Å². The predicted octanol–water partition coefficient (Wildman–Crippen LogP) is 4.04. The first kappa shape index (κ1) is 15.1. The van der Waals surface area contributed by atoms with Gasteiger partial charge in [0.15, 0.2) is 0 Å². The van der Waals surface area contributed by atoms with E-state index in [-0.39, 0.29) is 11.6 Å². The van der Waals surface area contributed by atoms with Crippen LogP contribution in [0.2, 0.25) is 0 Å². The number of non-ortho nitro benzene ring substituents is 1. The van der Waals surface area contributed by atoms with Crippen molar-refractivity contribution in [1.82, 2.24) is 4.98 Å². The first-order valence-electron chi connectivity index (χ1n) is 6.56. The molecule has 0 saturated carbocycles. The number of nitro benzene ring substituents is 1. The number of hydrogen-bond acceptors (Lipinski definition) is 5. The Bertz CT molecular complexity index is 935. The molecule has 114 valence electrons. The summed E-state index contributed by atoms with van der Waals surface area (Å²) in [7, 11) is 0. The van der Waals surface area contributed by atoms with Crippen molar-refractivity contribution in [2.45, 2.75) is 0 Å². The molecule has 0 spiro atoms. The molecule has 0 N–H and O–H groups in total. The van der Waals surface area contributed by atoms with Gasteiger partial charge in [-0.05, 0) is 24.3 Å². The summed E-state index contributed by atoms with van der Waals surface area (Å²) in [5.74, 6) is 0.159. The van der Waals surface area contributed by atoms with Crippen LogP contribution in [0.4, 0.5) is 5.69 Å². The van der Waals surface area contributed by atoms with Crippen molar-refractivity contribution >= 4 is 21.6 Å². The lowest BCUT2D eigenvalue weighted by Gasteiger charge is -2.04. The highest BCUT2D eigenvalue weighted by molar-refractivity contribution is 9.10. The molecule has 1 aromatic heterocycles. The summed E-state index contributed by atoms with van der Waals surface area (Å²) in [6.07, 6.45) is 0. The second-order valence-electron chi connectivity index (χ2n) is 4.68. The van der Waals surface area contributed by atoms with Crippen LogP contribution < -0.4 is 5.63 Å². The van der Waals surface area contributed by atoms with Crippen molar-refractivity contribution in [3.05, 3.63) is 79.6 Å². The van der Waals surface area contributed by atoms with Crippen LogP contribution in [0.3, 0.4) is 0 Å². The van der Waals surface area contributed by atoms with Crippen LogP contribution in [-0.2, 0) is 0 Å². The van der Waals surface area contributed by atoms with E-state index in [1.54, 1.807) is 36.4 Å². The van der Waals surface area contributed by atoms with Crippen molar-refractivity contribution < 1.29 is 9.34 Å². The number of nitrogens with zero attached hydrogens (tertiary/aromatic N) is 2. The molecule has 3 rings (SSSR count). The van der Waals surface area contributed by atoms with E-state index in [9.17, 15) is 14.9 Å². The average molecular weight is 373 g/mol. The molecule has 0 aliphatic carbocycles. The van der Waals surface area contributed by atoms with Crippen molar-refractivity contribution in [3.8, 4) is 22.7 Å². The Labute approximate surface area is 138 Å². The summed E-state index contributed by atoms with van der Waals surface area (Å²) in [5.41, 5.74) is 0.799. The van der Waals surface area contributed by atoms with Crippen molar-refractivity contribution in [2.24, 2.45) is 0 Å². The van der Waals surface area contributed by atoms with Crippen LogP contribution in [0.1, 0.15) is 0 Å². The van der Waals surface area contributed by atoms with Gasteiger partial charge in [-0.25, -0.2) is 9.78 Å². The van der Waals surface area contributed by atoms with Gasteiger partial charge in [0.25, 0.3) is 5.69 Å². The normalized spacial score (nSPS) is 10.5. The third-order valence-corrected chi connectivity index (χ3v) is 3.65. The maximum atomic E-state index is 11.8. The lowest BCUT2D eigenvalue weighted by molar-refractivity contribution is -0.384. The SMILES string of the molecule is O=c1cc(-c2cccc([N+](=O)[O-])c2)nc(-c2ccc(Br)cc2)o1. The van der Waals surface area contributed by atoms with E-state index in [0.717, 1.165) is 4.47 Å². The van der Waals surface area contributed by atoms with Crippen LogP contribution in [0, 0.1) is 10.1 Å². The minimum Gasteiger partial charge on any atom is -0.404 e. The molecule has 0 bridgehead atoms. The van der Waals surface area contributed by atoms with Gasteiger partial charge in [0, 0.05) is 27.7 Å². The average Bonchev–Trinajstić information content (AvgIpc) is 2.55. The Morgan fingerprint density at radius 1 is 1.04 bits per heavy atom. The van der Waals surface area contributed by atoms with Gasteiger partial charge in [0.1, 0.15) is 0 Å². The molecule has 0 atom stereocenters. The number of benzene rings is 2. The van der Waals surface area contributed by atoms with E-state index in [2.05, 4.69) is 20.9 Å². The molecule has 2 aromatic carbocycles. The van der Waals surface area contributed by atoms with E-state index in [1.165, 1.54) is 18.2 Å². The fourth-order valence-electron chi connectivity index (χ4n) is 2.04. The van der Waals surface area contributed by atoms with E-state index in [0.29, 0.717) is 16.8 Å². The second kappa shape index (κ2) is 6.13. The quantitative estimate of drug-likeness (QED) is 0.511. The highest BCUT2D eigenvalue weighted by Crippen LogP contribution is 2.24. The number of aromatic nitrogens is 1. The molecular weight excluding hydrogens is 364 g/mol. The zero-order valence-electron chi connectivity index (χ0n) is 11.6. The smallest absolute Gasteiger partial charge is 0.339 e. The molecule has 0 radical (unpaired) electrons. The second-order valence-corrected chi connectivity index (χ2v) is 5.60. The van der Waals surface area contributed by atoms with E-state index < -0.39 is 10.5 Å². The summed E-state index contributed by atoms with van der Waals surface area (Å²) in [5, 5.41) is 10.9. The standard InChI is InChI=1S/C16H9BrN2O4/c17-12-6-4-10(5-7-12)16-18-14(9-15(20)23-16)11-2-1-3-13(8-11)19(21)22/h1-9H. The van der Waals surface area contributed by atoms with E-state index in [4.69, 9.17) is 4.42 Å². The Morgan fingerprint density at radius 2 is 1.78 bits per heavy atom. The van der Waals surface area contributed by atoms with Gasteiger partial charge in [-0.2, -0.15) is 0 Å². The summed E-state index contributed by atoms with van der Waals surface area (Å²) >= 11 is 3.33. The maximum Gasteiger partial charge on any atom is 0.339 e. The summed E-state index contributed by atoms with van der Waals surface area (Å²) in [6.45, 7) is 0. The monoisotopic (exact) mass is 372 g/mol. The zero-order chi connectivity index (χ0) is 16.4. The molecule has 7 heteroatoms. The predicted molar refractivity (Wildman–Crippen MR) is 88.0 cm³/mol. The molecule has 0 fully saturated rings. The van der Waals surface area contributed by atoms with Gasteiger partial charge in [-0.1, -0.05) is 28.1 Å². The first-order valence-corrected chi connectivity index (χ1v) is 7.35. The first-order chi connectivity index (χ1) is 11.0. The van der Waals surface area contributed by atoms with Crippen molar-refractivity contribution in [2.75, 3.05) is 0 Å². The van der Waals surface area contributed by atoms with E-state index in [1.807, 2.05) is 0 Å². The fraction of sp³-hybridized carbons (Fsp3) is 0. The van der Waals surface area contributed by atoms with Gasteiger partial charge in [0.2, 0.25) is 5.89 Å². The van der Waals surface area contributed by atoms with Crippen LogP contribution in [-0.4, -0.2) is 9.91 Å². The molecule has 3 aromatic rings. The Morgan fingerprint density at radius 3 is 2.48 bits per heavy atom. The minimum atomic E-state index is -0.570. The lowest BCUT2D eigenvalue weighted by atomic mass is 10.1. The van der Waals surface area contributed by atoms with Crippen LogP contribution in [0.25, 0.3) is 22.7 Å². The third kappa shape index (κ3) is 3.35. The van der Waals surface area contributed by atoms with Crippen molar-refractivity contribution in [3.63, 3.8) is 0 Å². The highest BCUT2D eigenvalue weighted by Gasteiger charge is 2.11. The molecule has 1 heterocycles. The Balaban J connectivity index is 2.11. The maximum absolute atomic E-state index is 11.8. The zero-order valence-corrected chi connectivity index (χ0v) is 13.2. The largest absolute Gasteiger partial charge is 0.404 e. The number of halogens is 1. The summed E-state index contributed by atoms with van der Waals surface area (Å²) in [4.78, 5) is 26.5. The molecule has 0 aliphatic rings. The van der Waals surface area contributed by atoms with Gasteiger partial charge in [-0.3, -0.25) is 10.1 Å². The highest BCUT2D eigenvalue weighted by atomic mass is 79.9. The van der Waals surface area contributed by atoms with Crippen LogP contribution >= 0.6 is 15.9 Å². The Hall–Kier alpha value is -2.80. The van der Waals surface area contributed by atoms with Gasteiger partial charge in [-0.15, -0.1) is 0 Å². The van der Waals surface area contributed by atoms with Crippen LogP contribution in [0.15, 0.2) is 68.3 Å². The Kier molecular flexibility index (Phi) is 4.03. The summed E-state index contributed by atoms with van der Waals surface area (Å²) < 4.78 is 6.01. The van der Waals surface area contributed by atoms with Gasteiger partial charge in [0.05, 0.1) is 16.7 Å². The van der Waals surface area contributed by atoms with Crippen LogP contribution in [0.5, 0.6) is 0 Å². The number of nitro groups is 1. The molecular formula is C16H9BrN2O4. The minimum absolute atomic E-state index is 0.0669. The lowest BCUT2D eigenvalue weighted by Crippen LogP contribution is -2.02. The summed E-state index contributed by atoms with van der Waals surface area (Å²) in [6, 6.07) is 14.3. The van der Waals surface area contributed by atoms with Crippen molar-refractivity contribution in [1.29, 1.82) is 0 Å².